The van der Waals surface area contributed by atoms with Crippen molar-refractivity contribution in [3.05, 3.63) is 90.5 Å². The predicted octanol–water partition coefficient (Wildman–Crippen LogP) is 3.85. The number of ether oxygens (including phenoxy) is 2. The van der Waals surface area contributed by atoms with E-state index in [-0.39, 0.29) is 25.4 Å². The Bertz CT molecular complexity index is 1490. The Labute approximate surface area is 280 Å². The zero-order valence-electron chi connectivity index (χ0n) is 26.6. The molecule has 3 aliphatic rings. The zero-order valence-corrected chi connectivity index (χ0v) is 27.3. The zero-order chi connectivity index (χ0) is 33.7. The summed E-state index contributed by atoms with van der Waals surface area (Å²) in [6.45, 7) is 8.99. The summed E-state index contributed by atoms with van der Waals surface area (Å²) in [5, 5.41) is 14.0. The van der Waals surface area contributed by atoms with Crippen molar-refractivity contribution in [2.24, 2.45) is 11.8 Å². The summed E-state index contributed by atoms with van der Waals surface area (Å²) < 4.78 is 12.4. The van der Waals surface area contributed by atoms with Crippen LogP contribution in [0, 0.1) is 11.8 Å². The number of benzene rings is 2. The van der Waals surface area contributed by atoms with Gasteiger partial charge in [-0.1, -0.05) is 54.1 Å². The van der Waals surface area contributed by atoms with Crippen molar-refractivity contribution < 1.29 is 33.8 Å². The molecule has 3 heterocycles. The van der Waals surface area contributed by atoms with Crippen LogP contribution in [0.25, 0.3) is 0 Å². The number of carbonyl (C=O) groups is 4. The number of rotatable bonds is 15. The maximum atomic E-state index is 14.8. The molecule has 5 rings (SSSR count). The van der Waals surface area contributed by atoms with E-state index < -0.39 is 66.1 Å². The minimum absolute atomic E-state index is 0.109. The number of carbonyl (C=O) groups excluding carboxylic acids is 4. The number of fused-ring (bicyclic) bond motifs is 1. The maximum absolute atomic E-state index is 14.8. The van der Waals surface area contributed by atoms with Crippen LogP contribution in [0.4, 0.5) is 5.69 Å². The second kappa shape index (κ2) is 14.8. The van der Waals surface area contributed by atoms with Gasteiger partial charge in [-0.15, -0.1) is 13.2 Å². The van der Waals surface area contributed by atoms with Gasteiger partial charge >= 0.3 is 5.97 Å². The number of anilines is 1. The third-order valence-corrected chi connectivity index (χ3v) is 9.61. The molecule has 0 radical (unpaired) electrons. The van der Waals surface area contributed by atoms with E-state index in [1.807, 2.05) is 30.3 Å². The van der Waals surface area contributed by atoms with E-state index in [0.717, 1.165) is 5.56 Å². The van der Waals surface area contributed by atoms with Crippen molar-refractivity contribution in [2.45, 2.75) is 68.9 Å². The first-order valence-electron chi connectivity index (χ1n) is 16.1. The molecule has 2 bridgehead atoms. The smallest absolute Gasteiger partial charge is 0.312 e. The molecule has 0 aliphatic carbocycles. The van der Waals surface area contributed by atoms with Crippen LogP contribution >= 0.6 is 11.6 Å². The molecule has 0 aromatic heterocycles. The van der Waals surface area contributed by atoms with Crippen LogP contribution in [0.15, 0.2) is 79.9 Å². The summed E-state index contributed by atoms with van der Waals surface area (Å²) in [5.41, 5.74) is 0.133. The Morgan fingerprint density at radius 2 is 1.89 bits per heavy atom. The Kier molecular flexibility index (Phi) is 10.8. The molecule has 3 fully saturated rings. The van der Waals surface area contributed by atoms with E-state index in [0.29, 0.717) is 36.4 Å². The van der Waals surface area contributed by atoms with Gasteiger partial charge in [-0.05, 0) is 62.4 Å². The molecular formula is C36H42ClN3O7. The van der Waals surface area contributed by atoms with E-state index in [1.54, 1.807) is 43.3 Å². The number of aliphatic hydroxyl groups is 1. The Morgan fingerprint density at radius 1 is 1.17 bits per heavy atom. The van der Waals surface area contributed by atoms with E-state index in [1.165, 1.54) is 9.80 Å². The number of esters is 1. The van der Waals surface area contributed by atoms with E-state index >= 15 is 0 Å². The summed E-state index contributed by atoms with van der Waals surface area (Å²) in [7, 11) is 0. The van der Waals surface area contributed by atoms with Crippen molar-refractivity contribution in [1.29, 1.82) is 0 Å². The van der Waals surface area contributed by atoms with E-state index in [2.05, 4.69) is 18.5 Å². The van der Waals surface area contributed by atoms with Gasteiger partial charge in [0.2, 0.25) is 11.8 Å². The van der Waals surface area contributed by atoms with Crippen molar-refractivity contribution >= 4 is 41.0 Å². The third kappa shape index (κ3) is 6.86. The van der Waals surface area contributed by atoms with Gasteiger partial charge in [0.1, 0.15) is 17.7 Å². The lowest BCUT2D eigenvalue weighted by molar-refractivity contribution is -0.159. The van der Waals surface area contributed by atoms with Crippen molar-refractivity contribution in [3.63, 3.8) is 0 Å². The average Bonchev–Trinajstić information content (AvgIpc) is 3.72. The highest BCUT2D eigenvalue weighted by atomic mass is 35.5. The van der Waals surface area contributed by atoms with Crippen LogP contribution in [0.2, 0.25) is 5.02 Å². The highest BCUT2D eigenvalue weighted by Crippen LogP contribution is 2.59. The molecule has 3 aliphatic heterocycles. The van der Waals surface area contributed by atoms with Gasteiger partial charge in [-0.2, -0.15) is 0 Å². The second-order valence-corrected chi connectivity index (χ2v) is 12.9. The van der Waals surface area contributed by atoms with E-state index in [9.17, 15) is 24.3 Å². The van der Waals surface area contributed by atoms with Crippen molar-refractivity contribution in [1.82, 2.24) is 10.2 Å². The van der Waals surface area contributed by atoms with Crippen molar-refractivity contribution in [3.8, 4) is 0 Å². The largest absolute Gasteiger partial charge is 0.460 e. The van der Waals surface area contributed by atoms with Crippen LogP contribution in [0.5, 0.6) is 0 Å². The number of halogens is 1. The fourth-order valence-corrected chi connectivity index (χ4v) is 7.41. The topological polar surface area (TPSA) is 125 Å². The number of aliphatic hydroxyl groups excluding tert-OH is 1. The molecule has 47 heavy (non-hydrogen) atoms. The number of hydrogen-bond acceptors (Lipinski definition) is 7. The van der Waals surface area contributed by atoms with Gasteiger partial charge in [0.15, 0.2) is 0 Å². The highest BCUT2D eigenvalue weighted by molar-refractivity contribution is 6.30. The van der Waals surface area contributed by atoms with Gasteiger partial charge in [-0.3, -0.25) is 19.2 Å². The molecule has 0 saturated carbocycles. The lowest BCUT2D eigenvalue weighted by atomic mass is 9.70. The van der Waals surface area contributed by atoms with Gasteiger partial charge < -0.3 is 29.7 Å². The lowest BCUT2D eigenvalue weighted by Gasteiger charge is -2.39. The van der Waals surface area contributed by atoms with Crippen molar-refractivity contribution in [2.75, 3.05) is 24.6 Å². The van der Waals surface area contributed by atoms with Gasteiger partial charge in [-0.25, -0.2) is 0 Å². The summed E-state index contributed by atoms with van der Waals surface area (Å²) in [6.07, 6.45) is 3.91. The molecule has 10 nitrogen and oxygen atoms in total. The standard InChI is InChI=1S/C36H42ClN3O7/c1-4-6-12-29(42)38-21-23(3)46-35(45)30-28-17-18-36(47-28)31(30)33(43)40(27(22-41)20-24-10-8-7-9-11-24)32(36)34(44)39(19-5-2)26-15-13-25(37)14-16-26/h4-5,7-11,13-16,23,27-28,30-32,41H,1-2,6,12,17-22H2,3H3,(H,38,42)/t23-,27+,28+,30-,31-,32+,36-/m0/s1. The highest BCUT2D eigenvalue weighted by Gasteiger charge is 2.75. The Hall–Kier alpha value is -3.99. The number of likely N-dealkylation sites (tertiary alicyclic amines) is 1. The van der Waals surface area contributed by atoms with Gasteiger partial charge in [0, 0.05) is 23.7 Å². The third-order valence-electron chi connectivity index (χ3n) is 9.36. The lowest BCUT2D eigenvalue weighted by Crippen LogP contribution is -2.59. The SMILES string of the molecule is C=CCCC(=O)NC[C@H](C)OC(=O)[C@@H]1[C@H]2C(=O)N([C@@H](CO)Cc3ccccc3)[C@H](C(=O)N(CC=C)c3ccc(Cl)cc3)[C@]23CC[C@H]1O3. The number of amides is 3. The summed E-state index contributed by atoms with van der Waals surface area (Å²) >= 11 is 6.15. The number of nitrogens with zero attached hydrogens (tertiary/aromatic N) is 2. The average molecular weight is 664 g/mol. The van der Waals surface area contributed by atoms with E-state index in [4.69, 9.17) is 21.1 Å². The fraction of sp³-hybridized carbons (Fsp3) is 0.444. The minimum atomic E-state index is -1.30. The quantitative estimate of drug-likeness (QED) is 0.219. The molecule has 11 heteroatoms. The summed E-state index contributed by atoms with van der Waals surface area (Å²) in [5.74, 6) is -3.56. The molecule has 3 amide bonds. The normalized spacial score (nSPS) is 25.5. The first kappa shape index (κ1) is 34.3. The predicted molar refractivity (Wildman–Crippen MR) is 177 cm³/mol. The molecule has 3 saturated heterocycles. The number of allylic oxidation sites excluding steroid dienone is 1. The molecule has 0 unspecified atom stereocenters. The number of hydrogen-bond donors (Lipinski definition) is 2. The Morgan fingerprint density at radius 3 is 2.55 bits per heavy atom. The second-order valence-electron chi connectivity index (χ2n) is 12.4. The number of nitrogens with one attached hydrogen (secondary N) is 1. The van der Waals surface area contributed by atoms with Crippen LogP contribution in [-0.2, 0) is 35.1 Å². The van der Waals surface area contributed by atoms with Crippen LogP contribution in [0.3, 0.4) is 0 Å². The van der Waals surface area contributed by atoms with Gasteiger partial charge in [0.05, 0.1) is 37.1 Å². The van der Waals surface area contributed by atoms with Crippen LogP contribution in [0.1, 0.15) is 38.2 Å². The molecule has 1 spiro atoms. The molecule has 250 valence electrons. The van der Waals surface area contributed by atoms with Crippen LogP contribution in [-0.4, -0.2) is 83.3 Å². The Balaban J connectivity index is 1.48. The molecule has 7 atom stereocenters. The molecule has 2 aromatic rings. The minimum Gasteiger partial charge on any atom is -0.460 e. The first-order chi connectivity index (χ1) is 22.6. The molecule has 2 N–H and O–H groups in total. The fourth-order valence-electron chi connectivity index (χ4n) is 7.29. The summed E-state index contributed by atoms with van der Waals surface area (Å²) in [4.78, 5) is 58.2. The molecular weight excluding hydrogens is 622 g/mol. The maximum Gasteiger partial charge on any atom is 0.312 e. The van der Waals surface area contributed by atoms with Gasteiger partial charge in [0.25, 0.3) is 5.91 Å². The molecule has 2 aromatic carbocycles. The first-order valence-corrected chi connectivity index (χ1v) is 16.4. The summed E-state index contributed by atoms with van der Waals surface area (Å²) in [6, 6.07) is 14.3. The monoisotopic (exact) mass is 663 g/mol. The van der Waals surface area contributed by atoms with Crippen LogP contribution < -0.4 is 10.2 Å².